The quantitative estimate of drug-likeness (QED) is 0.818. The van der Waals surface area contributed by atoms with Gasteiger partial charge in [0.05, 0.1) is 12.1 Å². The minimum atomic E-state index is -0.173. The number of amides is 2. The standard InChI is InChI=1S/C17H23N3O3/c1-18-10-15(21)20(14-6-4-3-5-7-14)13-17(18)8-9-19(12-17)16(22)11-23-2/h3-7H,8-13H2,1-2H3/t17-/m1/s1. The number of benzene rings is 1. The molecule has 1 aromatic rings. The summed E-state index contributed by atoms with van der Waals surface area (Å²) in [6, 6.07) is 9.74. The predicted molar refractivity (Wildman–Crippen MR) is 87.2 cm³/mol. The Morgan fingerprint density at radius 2 is 2.00 bits per heavy atom. The molecule has 0 aliphatic carbocycles. The molecule has 0 unspecified atom stereocenters. The van der Waals surface area contributed by atoms with E-state index in [0.29, 0.717) is 26.2 Å². The van der Waals surface area contributed by atoms with E-state index in [0.717, 1.165) is 12.1 Å². The molecule has 0 radical (unpaired) electrons. The minimum Gasteiger partial charge on any atom is -0.375 e. The summed E-state index contributed by atoms with van der Waals surface area (Å²) in [5.74, 6) is 0.118. The summed E-state index contributed by atoms with van der Waals surface area (Å²) in [6.45, 7) is 2.46. The first kappa shape index (κ1) is 16.0. The molecule has 0 N–H and O–H groups in total. The molecule has 2 aliphatic rings. The first-order valence-electron chi connectivity index (χ1n) is 7.89. The maximum Gasteiger partial charge on any atom is 0.248 e. The summed E-state index contributed by atoms with van der Waals surface area (Å²) in [6.07, 6.45) is 0.871. The van der Waals surface area contributed by atoms with E-state index in [9.17, 15) is 9.59 Å². The van der Waals surface area contributed by atoms with Gasteiger partial charge in [-0.1, -0.05) is 18.2 Å². The molecule has 2 fully saturated rings. The van der Waals surface area contributed by atoms with Crippen molar-refractivity contribution in [1.82, 2.24) is 9.80 Å². The van der Waals surface area contributed by atoms with Gasteiger partial charge >= 0.3 is 0 Å². The molecule has 1 spiro atoms. The van der Waals surface area contributed by atoms with Crippen LogP contribution in [0.1, 0.15) is 6.42 Å². The second-order valence-corrected chi connectivity index (χ2v) is 6.39. The number of carbonyl (C=O) groups is 2. The minimum absolute atomic E-state index is 0.0148. The molecule has 1 aromatic carbocycles. The highest BCUT2D eigenvalue weighted by molar-refractivity contribution is 5.96. The Kier molecular flexibility index (Phi) is 4.37. The van der Waals surface area contributed by atoms with Crippen molar-refractivity contribution in [3.05, 3.63) is 30.3 Å². The molecular formula is C17H23N3O3. The number of anilines is 1. The van der Waals surface area contributed by atoms with Gasteiger partial charge < -0.3 is 14.5 Å². The molecule has 6 nitrogen and oxygen atoms in total. The molecule has 2 heterocycles. The fraction of sp³-hybridized carbons (Fsp3) is 0.529. The molecule has 2 amide bonds. The van der Waals surface area contributed by atoms with E-state index < -0.39 is 0 Å². The molecule has 1 atom stereocenters. The highest BCUT2D eigenvalue weighted by Crippen LogP contribution is 2.33. The maximum absolute atomic E-state index is 12.4. The number of piperazine rings is 1. The number of para-hydroxylation sites is 1. The fourth-order valence-electron chi connectivity index (χ4n) is 3.53. The third-order valence-electron chi connectivity index (χ3n) is 4.96. The van der Waals surface area contributed by atoms with Gasteiger partial charge in [-0.15, -0.1) is 0 Å². The van der Waals surface area contributed by atoms with Gasteiger partial charge in [-0.25, -0.2) is 0 Å². The van der Waals surface area contributed by atoms with Crippen LogP contribution in [-0.2, 0) is 14.3 Å². The lowest BCUT2D eigenvalue weighted by Crippen LogP contribution is -2.64. The van der Waals surface area contributed by atoms with Crippen LogP contribution in [0.3, 0.4) is 0 Å². The summed E-state index contributed by atoms with van der Waals surface area (Å²) < 4.78 is 4.96. The molecule has 0 saturated carbocycles. The number of rotatable bonds is 3. The molecule has 2 saturated heterocycles. The van der Waals surface area contributed by atoms with E-state index >= 15 is 0 Å². The van der Waals surface area contributed by atoms with Crippen molar-refractivity contribution >= 4 is 17.5 Å². The van der Waals surface area contributed by atoms with Gasteiger partial charge in [-0.2, -0.15) is 0 Å². The van der Waals surface area contributed by atoms with E-state index in [4.69, 9.17) is 4.74 Å². The average Bonchev–Trinajstić information content (AvgIpc) is 2.98. The van der Waals surface area contributed by atoms with Crippen molar-refractivity contribution in [2.75, 3.05) is 51.8 Å². The molecule has 2 aliphatic heterocycles. The Morgan fingerprint density at radius 1 is 1.26 bits per heavy atom. The first-order valence-corrected chi connectivity index (χ1v) is 7.89. The summed E-state index contributed by atoms with van der Waals surface area (Å²) in [5.41, 5.74) is 0.749. The van der Waals surface area contributed by atoms with Gasteiger partial charge in [-0.3, -0.25) is 14.5 Å². The topological polar surface area (TPSA) is 53.1 Å². The molecule has 0 aromatic heterocycles. The Bertz CT molecular complexity index is 592. The van der Waals surface area contributed by atoms with Crippen LogP contribution >= 0.6 is 0 Å². The van der Waals surface area contributed by atoms with Gasteiger partial charge in [0.15, 0.2) is 0 Å². The van der Waals surface area contributed by atoms with E-state index in [1.807, 2.05) is 47.2 Å². The van der Waals surface area contributed by atoms with Crippen LogP contribution in [0.5, 0.6) is 0 Å². The Morgan fingerprint density at radius 3 is 2.70 bits per heavy atom. The van der Waals surface area contributed by atoms with Gasteiger partial charge in [0, 0.05) is 32.4 Å². The van der Waals surface area contributed by atoms with Gasteiger partial charge in [0.25, 0.3) is 0 Å². The van der Waals surface area contributed by atoms with Crippen molar-refractivity contribution < 1.29 is 14.3 Å². The SMILES string of the molecule is COCC(=O)N1CC[C@@]2(C1)CN(c1ccccc1)C(=O)CN2C. The van der Waals surface area contributed by atoms with Gasteiger partial charge in [0.2, 0.25) is 11.8 Å². The number of methoxy groups -OCH3 is 1. The number of hydrogen-bond donors (Lipinski definition) is 0. The van der Waals surface area contributed by atoms with E-state index in [1.165, 1.54) is 7.11 Å². The maximum atomic E-state index is 12.4. The number of likely N-dealkylation sites (tertiary alicyclic amines) is 1. The zero-order chi connectivity index (χ0) is 16.4. The molecule has 3 rings (SSSR count). The highest BCUT2D eigenvalue weighted by atomic mass is 16.5. The zero-order valence-electron chi connectivity index (χ0n) is 13.7. The van der Waals surface area contributed by atoms with Crippen LogP contribution in [0, 0.1) is 0 Å². The number of nitrogens with zero attached hydrogens (tertiary/aromatic N) is 3. The highest BCUT2D eigenvalue weighted by Gasteiger charge is 2.48. The lowest BCUT2D eigenvalue weighted by Gasteiger charge is -2.46. The predicted octanol–water partition coefficient (Wildman–Crippen LogP) is 0.583. The Hall–Kier alpha value is -1.92. The molecular weight excluding hydrogens is 294 g/mol. The third kappa shape index (κ3) is 2.96. The summed E-state index contributed by atoms with van der Waals surface area (Å²) in [4.78, 5) is 30.3. The monoisotopic (exact) mass is 317 g/mol. The fourth-order valence-corrected chi connectivity index (χ4v) is 3.53. The number of ether oxygens (including phenoxy) is 1. The number of hydrogen-bond acceptors (Lipinski definition) is 4. The van der Waals surface area contributed by atoms with E-state index in [1.54, 1.807) is 0 Å². The van der Waals surface area contributed by atoms with Crippen LogP contribution in [-0.4, -0.2) is 74.1 Å². The zero-order valence-corrected chi connectivity index (χ0v) is 13.7. The Balaban J connectivity index is 1.80. The summed E-state index contributed by atoms with van der Waals surface area (Å²) in [5, 5.41) is 0. The van der Waals surface area contributed by atoms with Crippen LogP contribution in [0.2, 0.25) is 0 Å². The van der Waals surface area contributed by atoms with Crippen LogP contribution in [0.15, 0.2) is 30.3 Å². The molecule has 124 valence electrons. The van der Waals surface area contributed by atoms with Gasteiger partial charge in [-0.05, 0) is 25.6 Å². The van der Waals surface area contributed by atoms with Crippen molar-refractivity contribution in [2.24, 2.45) is 0 Å². The molecule has 6 heteroatoms. The van der Waals surface area contributed by atoms with Crippen molar-refractivity contribution in [2.45, 2.75) is 12.0 Å². The molecule has 0 bridgehead atoms. The second kappa shape index (κ2) is 6.29. The summed E-state index contributed by atoms with van der Waals surface area (Å²) in [7, 11) is 3.51. The molecule has 23 heavy (non-hydrogen) atoms. The number of carbonyl (C=O) groups excluding carboxylic acids is 2. The second-order valence-electron chi connectivity index (χ2n) is 6.39. The largest absolute Gasteiger partial charge is 0.375 e. The third-order valence-corrected chi connectivity index (χ3v) is 4.96. The smallest absolute Gasteiger partial charge is 0.248 e. The van der Waals surface area contributed by atoms with Crippen LogP contribution < -0.4 is 4.90 Å². The van der Waals surface area contributed by atoms with Gasteiger partial charge in [0.1, 0.15) is 6.61 Å². The van der Waals surface area contributed by atoms with Crippen LogP contribution in [0.4, 0.5) is 5.69 Å². The lowest BCUT2D eigenvalue weighted by molar-refractivity contribution is -0.134. The normalized spacial score (nSPS) is 25.4. The summed E-state index contributed by atoms with van der Waals surface area (Å²) >= 11 is 0. The van der Waals surface area contributed by atoms with Crippen molar-refractivity contribution in [1.29, 1.82) is 0 Å². The number of likely N-dealkylation sites (N-methyl/N-ethyl adjacent to an activating group) is 1. The van der Waals surface area contributed by atoms with Crippen molar-refractivity contribution in [3.63, 3.8) is 0 Å². The average molecular weight is 317 g/mol. The lowest BCUT2D eigenvalue weighted by atomic mass is 9.92. The van der Waals surface area contributed by atoms with E-state index in [2.05, 4.69) is 4.90 Å². The van der Waals surface area contributed by atoms with Crippen LogP contribution in [0.25, 0.3) is 0 Å². The first-order chi connectivity index (χ1) is 11.1. The van der Waals surface area contributed by atoms with E-state index in [-0.39, 0.29) is 24.0 Å². The van der Waals surface area contributed by atoms with Crippen molar-refractivity contribution in [3.8, 4) is 0 Å². The Labute approximate surface area is 136 Å².